The summed E-state index contributed by atoms with van der Waals surface area (Å²) >= 11 is 0. The van der Waals surface area contributed by atoms with E-state index < -0.39 is 0 Å². The number of imidazole rings is 1. The van der Waals surface area contributed by atoms with E-state index in [9.17, 15) is 4.79 Å². The lowest BCUT2D eigenvalue weighted by Gasteiger charge is -2.14. The van der Waals surface area contributed by atoms with Gasteiger partial charge in [0, 0.05) is 23.9 Å². The number of fused-ring (bicyclic) bond motifs is 1. The van der Waals surface area contributed by atoms with Crippen LogP contribution in [0.5, 0.6) is 0 Å². The average Bonchev–Trinajstić information content (AvgIpc) is 3.22. The van der Waals surface area contributed by atoms with Crippen LogP contribution in [0.1, 0.15) is 27.2 Å². The molecule has 0 aliphatic carbocycles. The van der Waals surface area contributed by atoms with Gasteiger partial charge in [-0.15, -0.1) is 0 Å². The van der Waals surface area contributed by atoms with E-state index in [-0.39, 0.29) is 5.91 Å². The molecule has 4 aromatic rings. The van der Waals surface area contributed by atoms with Gasteiger partial charge in [-0.2, -0.15) is 5.10 Å². The Kier molecular flexibility index (Phi) is 4.03. The lowest BCUT2D eigenvalue weighted by atomic mass is 10.0. The van der Waals surface area contributed by atoms with Gasteiger partial charge in [-0.25, -0.2) is 4.98 Å². The second-order valence-electron chi connectivity index (χ2n) is 6.95. The fourth-order valence-electron chi connectivity index (χ4n) is 3.35. The number of hydrogen-bond acceptors (Lipinski definition) is 3. The fourth-order valence-corrected chi connectivity index (χ4v) is 3.35. The molecule has 6 heteroatoms. The third-order valence-corrected chi connectivity index (χ3v) is 4.69. The summed E-state index contributed by atoms with van der Waals surface area (Å²) in [5, 5.41) is 10.4. The minimum Gasteiger partial charge on any atom is -0.334 e. The third-order valence-electron chi connectivity index (χ3n) is 4.69. The molecule has 0 spiro atoms. The Morgan fingerprint density at radius 1 is 1.11 bits per heavy atom. The van der Waals surface area contributed by atoms with Crippen LogP contribution in [0.15, 0.2) is 42.7 Å². The number of benzene rings is 2. The van der Waals surface area contributed by atoms with Crippen LogP contribution >= 0.6 is 0 Å². The Labute approximate surface area is 157 Å². The molecule has 6 nitrogen and oxygen atoms in total. The van der Waals surface area contributed by atoms with Gasteiger partial charge in [-0.3, -0.25) is 9.89 Å². The van der Waals surface area contributed by atoms with Crippen molar-refractivity contribution in [2.45, 2.75) is 20.8 Å². The van der Waals surface area contributed by atoms with Crippen LogP contribution in [0.3, 0.4) is 0 Å². The number of hydrogen-bond donors (Lipinski definition) is 2. The maximum Gasteiger partial charge on any atom is 0.255 e. The van der Waals surface area contributed by atoms with E-state index in [1.54, 1.807) is 6.33 Å². The lowest BCUT2D eigenvalue weighted by molar-refractivity contribution is 0.102. The number of anilines is 1. The minimum atomic E-state index is -0.164. The van der Waals surface area contributed by atoms with E-state index in [0.717, 1.165) is 44.8 Å². The molecule has 2 aromatic carbocycles. The summed E-state index contributed by atoms with van der Waals surface area (Å²) in [5.74, 6) is -0.164. The summed E-state index contributed by atoms with van der Waals surface area (Å²) in [6.07, 6.45) is 1.74. The number of nitrogens with zero attached hydrogens (tertiary/aromatic N) is 3. The van der Waals surface area contributed by atoms with Crippen LogP contribution in [0.25, 0.3) is 22.3 Å². The number of carbonyl (C=O) groups excluding carboxylic acids is 1. The molecule has 0 bridgehead atoms. The van der Waals surface area contributed by atoms with Crippen molar-refractivity contribution in [3.05, 3.63) is 65.1 Å². The Morgan fingerprint density at radius 2 is 1.93 bits per heavy atom. The van der Waals surface area contributed by atoms with E-state index in [4.69, 9.17) is 0 Å². The highest BCUT2D eigenvalue weighted by molar-refractivity contribution is 6.08. The van der Waals surface area contributed by atoms with Gasteiger partial charge in [-0.1, -0.05) is 11.6 Å². The average molecular weight is 359 g/mol. The van der Waals surface area contributed by atoms with Crippen molar-refractivity contribution in [2.75, 3.05) is 5.32 Å². The van der Waals surface area contributed by atoms with Gasteiger partial charge in [0.05, 0.1) is 28.7 Å². The van der Waals surface area contributed by atoms with E-state index in [2.05, 4.69) is 26.6 Å². The number of H-pyrrole nitrogens is 1. The minimum absolute atomic E-state index is 0.164. The number of carbonyl (C=O) groups is 1. The zero-order valence-electron chi connectivity index (χ0n) is 15.8. The van der Waals surface area contributed by atoms with Gasteiger partial charge in [0.1, 0.15) is 0 Å². The SMILES string of the molecule is Cc1cc(C)c(NC(=O)c2ccc3c(c2)ncn3C)c(-c2cc(C)[nH]n2)c1. The first-order chi connectivity index (χ1) is 12.9. The van der Waals surface area contributed by atoms with Gasteiger partial charge in [0.25, 0.3) is 5.91 Å². The summed E-state index contributed by atoms with van der Waals surface area (Å²) in [5.41, 5.74) is 7.96. The molecule has 0 saturated heterocycles. The first-order valence-corrected chi connectivity index (χ1v) is 8.78. The van der Waals surface area contributed by atoms with Gasteiger partial charge in [0.15, 0.2) is 0 Å². The standard InChI is InChI=1S/C21H21N5O/c1-12-7-13(2)20(16(8-12)17-9-14(3)24-25-17)23-21(27)15-5-6-19-18(10-15)22-11-26(19)4/h5-11H,1-4H3,(H,23,27)(H,24,25). The molecule has 136 valence electrons. The fraction of sp³-hybridized carbons (Fsp3) is 0.190. The molecule has 2 aromatic heterocycles. The highest BCUT2D eigenvalue weighted by Crippen LogP contribution is 2.32. The highest BCUT2D eigenvalue weighted by Gasteiger charge is 2.16. The van der Waals surface area contributed by atoms with Crippen LogP contribution in [-0.2, 0) is 7.05 Å². The summed E-state index contributed by atoms with van der Waals surface area (Å²) in [6.45, 7) is 5.99. The monoisotopic (exact) mass is 359 g/mol. The molecule has 2 N–H and O–H groups in total. The second kappa shape index (κ2) is 6.39. The van der Waals surface area contributed by atoms with Gasteiger partial charge < -0.3 is 9.88 Å². The Balaban J connectivity index is 1.73. The highest BCUT2D eigenvalue weighted by atomic mass is 16.1. The van der Waals surface area contributed by atoms with Crippen LogP contribution in [0.4, 0.5) is 5.69 Å². The molecule has 0 radical (unpaired) electrons. The Morgan fingerprint density at radius 3 is 2.67 bits per heavy atom. The van der Waals surface area contributed by atoms with Crippen LogP contribution < -0.4 is 5.32 Å². The molecule has 0 aliphatic rings. The molecule has 0 aliphatic heterocycles. The number of amides is 1. The van der Waals surface area contributed by atoms with Crippen LogP contribution in [-0.4, -0.2) is 25.7 Å². The van der Waals surface area contributed by atoms with Gasteiger partial charge in [-0.05, 0) is 56.7 Å². The first-order valence-electron chi connectivity index (χ1n) is 8.78. The van der Waals surface area contributed by atoms with Crippen molar-refractivity contribution in [2.24, 2.45) is 7.05 Å². The van der Waals surface area contributed by atoms with E-state index in [1.165, 1.54) is 0 Å². The number of nitrogens with one attached hydrogen (secondary N) is 2. The smallest absolute Gasteiger partial charge is 0.255 e. The van der Waals surface area contributed by atoms with Crippen LogP contribution in [0, 0.1) is 20.8 Å². The van der Waals surface area contributed by atoms with Crippen molar-refractivity contribution in [1.29, 1.82) is 0 Å². The third kappa shape index (κ3) is 3.10. The molecule has 27 heavy (non-hydrogen) atoms. The summed E-state index contributed by atoms with van der Waals surface area (Å²) in [4.78, 5) is 17.3. The second-order valence-corrected chi connectivity index (χ2v) is 6.95. The Hall–Kier alpha value is -3.41. The molecule has 4 rings (SSSR count). The van der Waals surface area contributed by atoms with Crippen molar-refractivity contribution in [3.8, 4) is 11.3 Å². The van der Waals surface area contributed by atoms with Crippen molar-refractivity contribution in [1.82, 2.24) is 19.7 Å². The molecular formula is C21H21N5O. The summed E-state index contributed by atoms with van der Waals surface area (Å²) < 4.78 is 1.93. The number of aromatic nitrogens is 4. The molecule has 0 atom stereocenters. The zero-order chi connectivity index (χ0) is 19.1. The van der Waals surface area contributed by atoms with E-state index >= 15 is 0 Å². The molecule has 2 heterocycles. The van der Waals surface area contributed by atoms with E-state index in [1.807, 2.05) is 62.7 Å². The molecule has 1 amide bonds. The summed E-state index contributed by atoms with van der Waals surface area (Å²) in [6, 6.07) is 11.6. The molecule has 0 fully saturated rings. The van der Waals surface area contributed by atoms with E-state index in [0.29, 0.717) is 5.56 Å². The number of aryl methyl sites for hydroxylation is 4. The zero-order valence-corrected chi connectivity index (χ0v) is 15.8. The van der Waals surface area contributed by atoms with Gasteiger partial charge in [0.2, 0.25) is 0 Å². The molecular weight excluding hydrogens is 338 g/mol. The molecule has 0 unspecified atom stereocenters. The maximum atomic E-state index is 12.9. The van der Waals surface area contributed by atoms with Crippen molar-refractivity contribution >= 4 is 22.6 Å². The lowest BCUT2D eigenvalue weighted by Crippen LogP contribution is -2.14. The Bertz CT molecular complexity index is 1170. The predicted molar refractivity (Wildman–Crippen MR) is 107 cm³/mol. The quantitative estimate of drug-likeness (QED) is 0.577. The normalized spacial score (nSPS) is 11.1. The van der Waals surface area contributed by atoms with Crippen molar-refractivity contribution < 1.29 is 4.79 Å². The summed E-state index contributed by atoms with van der Waals surface area (Å²) in [7, 11) is 1.93. The first kappa shape index (κ1) is 17.0. The van der Waals surface area contributed by atoms with Gasteiger partial charge >= 0.3 is 0 Å². The van der Waals surface area contributed by atoms with Crippen LogP contribution in [0.2, 0.25) is 0 Å². The van der Waals surface area contributed by atoms with Crippen molar-refractivity contribution in [3.63, 3.8) is 0 Å². The maximum absolute atomic E-state index is 12.9. The number of rotatable bonds is 3. The number of aromatic amines is 1. The largest absolute Gasteiger partial charge is 0.334 e. The predicted octanol–water partition coefficient (Wildman–Crippen LogP) is 4.14. The molecule has 0 saturated carbocycles. The topological polar surface area (TPSA) is 75.6 Å².